The van der Waals surface area contributed by atoms with Gasteiger partial charge in [0.05, 0.1) is 45.6 Å². The van der Waals surface area contributed by atoms with Crippen LogP contribution in [-0.4, -0.2) is 63.3 Å². The molecule has 2 aliphatic heterocycles. The zero-order valence-electron chi connectivity index (χ0n) is 14.9. The monoisotopic (exact) mass is 441 g/mol. The molecule has 0 aromatic heterocycles. The molecule has 0 bridgehead atoms. The SMILES string of the molecule is COC(=O)C1=C(C(=O)OC)C2C(Br)=CC=CN2C(C(=O)OC)=C1C(=O)OC. The molecule has 144 valence electrons. The van der Waals surface area contributed by atoms with Gasteiger partial charge in [0.1, 0.15) is 11.3 Å². The molecule has 0 fully saturated rings. The van der Waals surface area contributed by atoms with E-state index in [0.29, 0.717) is 4.48 Å². The van der Waals surface area contributed by atoms with Gasteiger partial charge < -0.3 is 23.8 Å². The first kappa shape index (κ1) is 20.4. The summed E-state index contributed by atoms with van der Waals surface area (Å²) in [6.07, 6.45) is 4.66. The van der Waals surface area contributed by atoms with Gasteiger partial charge >= 0.3 is 23.9 Å². The number of halogens is 1. The Kier molecular flexibility index (Phi) is 6.21. The third-order valence-corrected chi connectivity index (χ3v) is 4.59. The summed E-state index contributed by atoms with van der Waals surface area (Å²) in [5, 5.41) is 0. The molecule has 0 N–H and O–H groups in total. The zero-order chi connectivity index (χ0) is 20.3. The zero-order valence-corrected chi connectivity index (χ0v) is 16.5. The first-order valence-electron chi connectivity index (χ1n) is 7.48. The lowest BCUT2D eigenvalue weighted by Gasteiger charge is -2.38. The average Bonchev–Trinajstić information content (AvgIpc) is 2.69. The number of hydrogen-bond donors (Lipinski definition) is 0. The fourth-order valence-electron chi connectivity index (χ4n) is 2.78. The number of methoxy groups -OCH3 is 4. The number of nitrogens with zero attached hydrogens (tertiary/aromatic N) is 1. The second-order valence-corrected chi connectivity index (χ2v) is 6.10. The fraction of sp³-hybridized carbons (Fsp3) is 0.294. The number of rotatable bonds is 4. The van der Waals surface area contributed by atoms with Gasteiger partial charge in [0.15, 0.2) is 0 Å². The molecule has 0 saturated carbocycles. The molecular weight excluding hydrogens is 426 g/mol. The Morgan fingerprint density at radius 1 is 0.852 bits per heavy atom. The summed E-state index contributed by atoms with van der Waals surface area (Å²) in [6.45, 7) is 0. The average molecular weight is 442 g/mol. The molecule has 0 aliphatic carbocycles. The van der Waals surface area contributed by atoms with Gasteiger partial charge in [-0.15, -0.1) is 0 Å². The van der Waals surface area contributed by atoms with E-state index in [-0.39, 0.29) is 11.3 Å². The molecule has 2 heterocycles. The van der Waals surface area contributed by atoms with Crippen LogP contribution >= 0.6 is 15.9 Å². The number of ether oxygens (including phenoxy) is 4. The van der Waals surface area contributed by atoms with Crippen molar-refractivity contribution < 1.29 is 38.1 Å². The Bertz CT molecular complexity index is 836. The van der Waals surface area contributed by atoms with Crippen molar-refractivity contribution in [1.82, 2.24) is 4.90 Å². The van der Waals surface area contributed by atoms with Gasteiger partial charge in [-0.1, -0.05) is 15.9 Å². The summed E-state index contributed by atoms with van der Waals surface area (Å²) in [5.74, 6) is -3.81. The molecule has 2 rings (SSSR count). The molecule has 0 aromatic carbocycles. The fourth-order valence-corrected chi connectivity index (χ4v) is 3.38. The summed E-state index contributed by atoms with van der Waals surface area (Å²) in [5.41, 5.74) is -1.35. The summed E-state index contributed by atoms with van der Waals surface area (Å²) in [6, 6.07) is -0.945. The lowest BCUT2D eigenvalue weighted by Crippen LogP contribution is -2.45. The normalized spacial score (nSPS) is 18.5. The molecule has 0 spiro atoms. The highest BCUT2D eigenvalue weighted by Crippen LogP contribution is 2.41. The van der Waals surface area contributed by atoms with Gasteiger partial charge in [-0.05, 0) is 12.2 Å². The number of carbonyl (C=O) groups is 4. The smallest absolute Gasteiger partial charge is 0.355 e. The summed E-state index contributed by atoms with van der Waals surface area (Å²) in [4.78, 5) is 51.3. The second kappa shape index (κ2) is 8.21. The van der Waals surface area contributed by atoms with E-state index in [2.05, 4.69) is 15.9 Å². The van der Waals surface area contributed by atoms with Crippen molar-refractivity contribution >= 4 is 39.8 Å². The van der Waals surface area contributed by atoms with Crippen LogP contribution in [0.3, 0.4) is 0 Å². The third-order valence-electron chi connectivity index (χ3n) is 3.89. The third kappa shape index (κ3) is 3.39. The first-order chi connectivity index (χ1) is 12.8. The molecule has 0 radical (unpaired) electrons. The Morgan fingerprint density at radius 3 is 1.89 bits per heavy atom. The van der Waals surface area contributed by atoms with E-state index in [1.807, 2.05) is 0 Å². The van der Waals surface area contributed by atoms with Crippen LogP contribution in [0.4, 0.5) is 0 Å². The van der Waals surface area contributed by atoms with E-state index in [9.17, 15) is 19.2 Å². The quantitative estimate of drug-likeness (QED) is 0.460. The molecule has 1 unspecified atom stereocenters. The van der Waals surface area contributed by atoms with Crippen LogP contribution in [0.2, 0.25) is 0 Å². The Labute approximate surface area is 163 Å². The molecule has 0 amide bonds. The number of fused-ring (bicyclic) bond motifs is 1. The van der Waals surface area contributed by atoms with Gasteiger partial charge in [-0.2, -0.15) is 0 Å². The van der Waals surface area contributed by atoms with Crippen LogP contribution in [-0.2, 0) is 38.1 Å². The predicted octanol–water partition coefficient (Wildman–Crippen LogP) is 0.719. The Morgan fingerprint density at radius 2 is 1.37 bits per heavy atom. The molecule has 10 heteroatoms. The highest BCUT2D eigenvalue weighted by Gasteiger charge is 2.47. The lowest BCUT2D eigenvalue weighted by molar-refractivity contribution is -0.143. The van der Waals surface area contributed by atoms with E-state index in [1.54, 1.807) is 12.2 Å². The van der Waals surface area contributed by atoms with Crippen LogP contribution in [0.15, 0.2) is 45.3 Å². The number of hydrogen-bond acceptors (Lipinski definition) is 9. The minimum Gasteiger partial charge on any atom is -0.466 e. The van der Waals surface area contributed by atoms with Crippen molar-refractivity contribution in [1.29, 1.82) is 0 Å². The van der Waals surface area contributed by atoms with E-state index >= 15 is 0 Å². The maximum atomic E-state index is 12.5. The first-order valence-corrected chi connectivity index (χ1v) is 8.27. The van der Waals surface area contributed by atoms with E-state index in [1.165, 1.54) is 11.1 Å². The molecular formula is C17H16BrNO8. The van der Waals surface area contributed by atoms with E-state index in [4.69, 9.17) is 18.9 Å². The van der Waals surface area contributed by atoms with Crippen molar-refractivity contribution in [2.24, 2.45) is 0 Å². The molecule has 0 aromatic rings. The van der Waals surface area contributed by atoms with Gasteiger partial charge in [-0.25, -0.2) is 19.2 Å². The van der Waals surface area contributed by atoms with Gasteiger partial charge in [-0.3, -0.25) is 0 Å². The molecule has 9 nitrogen and oxygen atoms in total. The van der Waals surface area contributed by atoms with Gasteiger partial charge in [0.2, 0.25) is 0 Å². The maximum Gasteiger partial charge on any atom is 0.355 e. The molecule has 0 saturated heterocycles. The van der Waals surface area contributed by atoms with Crippen molar-refractivity contribution in [3.63, 3.8) is 0 Å². The summed E-state index contributed by atoms with van der Waals surface area (Å²) >= 11 is 3.32. The summed E-state index contributed by atoms with van der Waals surface area (Å²) < 4.78 is 19.5. The largest absolute Gasteiger partial charge is 0.466 e. The topological polar surface area (TPSA) is 108 Å². The van der Waals surface area contributed by atoms with Crippen molar-refractivity contribution in [3.05, 3.63) is 45.3 Å². The van der Waals surface area contributed by atoms with E-state index in [0.717, 1.165) is 28.4 Å². The maximum absolute atomic E-state index is 12.5. The predicted molar refractivity (Wildman–Crippen MR) is 93.9 cm³/mol. The minimum absolute atomic E-state index is 0.190. The number of esters is 4. The van der Waals surface area contributed by atoms with Crippen LogP contribution in [0.1, 0.15) is 0 Å². The molecule has 2 aliphatic rings. The highest BCUT2D eigenvalue weighted by atomic mass is 79.9. The van der Waals surface area contributed by atoms with Gasteiger partial charge in [0, 0.05) is 10.7 Å². The summed E-state index contributed by atoms with van der Waals surface area (Å²) in [7, 11) is 4.40. The van der Waals surface area contributed by atoms with Crippen LogP contribution < -0.4 is 0 Å². The highest BCUT2D eigenvalue weighted by molar-refractivity contribution is 9.11. The van der Waals surface area contributed by atoms with E-state index < -0.39 is 41.1 Å². The minimum atomic E-state index is -1.02. The molecule has 27 heavy (non-hydrogen) atoms. The second-order valence-electron chi connectivity index (χ2n) is 5.18. The van der Waals surface area contributed by atoms with Crippen molar-refractivity contribution in [2.45, 2.75) is 6.04 Å². The van der Waals surface area contributed by atoms with Crippen LogP contribution in [0.5, 0.6) is 0 Å². The van der Waals surface area contributed by atoms with Gasteiger partial charge in [0.25, 0.3) is 0 Å². The number of allylic oxidation sites excluding steroid dienone is 2. The molecule has 1 atom stereocenters. The number of carbonyl (C=O) groups excluding carboxylic acids is 4. The van der Waals surface area contributed by atoms with Crippen molar-refractivity contribution in [3.8, 4) is 0 Å². The van der Waals surface area contributed by atoms with Crippen LogP contribution in [0.25, 0.3) is 0 Å². The Hall–Kier alpha value is -2.88. The Balaban J connectivity index is 2.99. The standard InChI is InChI=1S/C17H16BrNO8/c1-24-14(20)9-10(15(21)25-2)12-8(18)6-5-7-19(12)13(17(23)27-4)11(9)16(22)26-3/h5-7,12H,1-4H3. The van der Waals surface area contributed by atoms with Crippen molar-refractivity contribution in [2.75, 3.05) is 28.4 Å². The lowest BCUT2D eigenvalue weighted by atomic mass is 9.86. The van der Waals surface area contributed by atoms with Crippen LogP contribution in [0, 0.1) is 0 Å².